The maximum Gasteiger partial charge on any atom is 0.193 e. The summed E-state index contributed by atoms with van der Waals surface area (Å²) in [7, 11) is 1.69. The lowest BCUT2D eigenvalue weighted by Gasteiger charge is -2.15. The van der Waals surface area contributed by atoms with Crippen LogP contribution in [-0.2, 0) is 5.41 Å². The molecule has 2 aliphatic rings. The summed E-state index contributed by atoms with van der Waals surface area (Å²) in [6.45, 7) is 1.99. The molecule has 28 heavy (non-hydrogen) atoms. The Hall–Kier alpha value is -2.16. The van der Waals surface area contributed by atoms with E-state index >= 15 is 0 Å². The Morgan fingerprint density at radius 1 is 1.14 bits per heavy atom. The van der Waals surface area contributed by atoms with Crippen molar-refractivity contribution >= 4 is 35.6 Å². The number of rotatable bonds is 5. The van der Waals surface area contributed by atoms with Gasteiger partial charge in [0.1, 0.15) is 5.75 Å². The monoisotopic (exact) mass is 495 g/mol. The van der Waals surface area contributed by atoms with Crippen LogP contribution in [-0.4, -0.2) is 32.8 Å². The van der Waals surface area contributed by atoms with Crippen LogP contribution in [0.1, 0.15) is 24.8 Å². The van der Waals surface area contributed by atoms with E-state index in [1.165, 1.54) is 5.56 Å². The van der Waals surface area contributed by atoms with Crippen molar-refractivity contribution in [3.63, 3.8) is 0 Å². The summed E-state index contributed by atoms with van der Waals surface area (Å²) >= 11 is 0. The van der Waals surface area contributed by atoms with Gasteiger partial charge in [0.05, 0.1) is 26.9 Å². The predicted molar refractivity (Wildman–Crippen MR) is 121 cm³/mol. The Kier molecular flexibility index (Phi) is 6.53. The highest BCUT2D eigenvalue weighted by molar-refractivity contribution is 14.0. The van der Waals surface area contributed by atoms with Gasteiger partial charge in [-0.2, -0.15) is 0 Å². The number of ether oxygens (including phenoxy) is 3. The van der Waals surface area contributed by atoms with Gasteiger partial charge in [-0.05, 0) is 42.7 Å². The molecule has 0 atom stereocenters. The van der Waals surface area contributed by atoms with Gasteiger partial charge in [0.25, 0.3) is 0 Å². The number of nitrogens with two attached hydrogens (primary N) is 1. The van der Waals surface area contributed by atoms with Crippen molar-refractivity contribution in [1.82, 2.24) is 0 Å². The van der Waals surface area contributed by atoms with E-state index in [0.29, 0.717) is 25.7 Å². The van der Waals surface area contributed by atoms with Gasteiger partial charge in [0.2, 0.25) is 0 Å². The van der Waals surface area contributed by atoms with Crippen molar-refractivity contribution in [2.24, 2.45) is 10.7 Å². The topological polar surface area (TPSA) is 78.1 Å². The number of aliphatic imine (C=N–C) groups is 1. The number of benzene rings is 2. The zero-order valence-electron chi connectivity index (χ0n) is 15.9. The number of hydrogen-bond acceptors (Lipinski definition) is 4. The summed E-state index contributed by atoms with van der Waals surface area (Å²) in [5, 5.41) is 3.15. The highest BCUT2D eigenvalue weighted by atomic mass is 127. The standard InChI is InChI=1S/C21H25N3O3.HI/c1-25-17-5-2-4-15(12-17)21(8-9-21)14-23-20(22)24-16-6-7-18-19(13-16)27-11-3-10-26-18;/h2,4-7,12-13H,3,8-11,14H2,1H3,(H3,22,23,24);1H. The zero-order valence-corrected chi connectivity index (χ0v) is 18.3. The summed E-state index contributed by atoms with van der Waals surface area (Å²) in [5.41, 5.74) is 8.30. The number of anilines is 1. The van der Waals surface area contributed by atoms with Gasteiger partial charge in [-0.3, -0.25) is 4.99 Å². The van der Waals surface area contributed by atoms with Gasteiger partial charge >= 0.3 is 0 Å². The van der Waals surface area contributed by atoms with Crippen molar-refractivity contribution in [2.75, 3.05) is 32.2 Å². The summed E-state index contributed by atoms with van der Waals surface area (Å²) in [5.74, 6) is 2.78. The molecule has 0 radical (unpaired) electrons. The molecule has 0 aromatic heterocycles. The summed E-state index contributed by atoms with van der Waals surface area (Å²) in [6, 6.07) is 13.9. The molecule has 6 nitrogen and oxygen atoms in total. The number of nitrogens with zero attached hydrogens (tertiary/aromatic N) is 1. The molecule has 1 aliphatic carbocycles. The summed E-state index contributed by atoms with van der Waals surface area (Å²) in [4.78, 5) is 4.59. The second-order valence-electron chi connectivity index (χ2n) is 7.05. The third kappa shape index (κ3) is 4.63. The van der Waals surface area contributed by atoms with E-state index in [1.54, 1.807) is 7.11 Å². The largest absolute Gasteiger partial charge is 0.497 e. The highest BCUT2D eigenvalue weighted by Crippen LogP contribution is 2.49. The fourth-order valence-corrected chi connectivity index (χ4v) is 3.31. The molecular weight excluding hydrogens is 469 g/mol. The maximum absolute atomic E-state index is 6.12. The number of halogens is 1. The molecule has 1 saturated carbocycles. The number of hydrogen-bond donors (Lipinski definition) is 2. The van der Waals surface area contributed by atoms with Gasteiger partial charge in [0.15, 0.2) is 17.5 Å². The second kappa shape index (κ2) is 8.89. The first kappa shape index (κ1) is 20.6. The summed E-state index contributed by atoms with van der Waals surface area (Å²) < 4.78 is 16.7. The van der Waals surface area contributed by atoms with E-state index < -0.39 is 0 Å². The van der Waals surface area contributed by atoms with Crippen LogP contribution in [0, 0.1) is 0 Å². The van der Waals surface area contributed by atoms with E-state index in [4.69, 9.17) is 19.9 Å². The van der Waals surface area contributed by atoms with Crippen molar-refractivity contribution in [3.05, 3.63) is 48.0 Å². The SMILES string of the molecule is COc1cccc(C2(CN=C(N)Nc3ccc4c(c3)OCCCO4)CC2)c1.I. The van der Waals surface area contributed by atoms with Crippen molar-refractivity contribution in [2.45, 2.75) is 24.7 Å². The van der Waals surface area contributed by atoms with Crippen molar-refractivity contribution < 1.29 is 14.2 Å². The van der Waals surface area contributed by atoms with Crippen LogP contribution in [0.5, 0.6) is 17.2 Å². The molecule has 0 amide bonds. The van der Waals surface area contributed by atoms with Gasteiger partial charge in [-0.25, -0.2) is 0 Å². The first-order chi connectivity index (χ1) is 13.2. The lowest BCUT2D eigenvalue weighted by Crippen LogP contribution is -2.25. The molecule has 7 heteroatoms. The molecule has 150 valence electrons. The quantitative estimate of drug-likeness (QED) is 0.374. The molecular formula is C21H26IN3O3. The fourth-order valence-electron chi connectivity index (χ4n) is 3.31. The van der Waals surface area contributed by atoms with E-state index in [0.717, 1.165) is 42.2 Å². The lowest BCUT2D eigenvalue weighted by molar-refractivity contribution is 0.297. The minimum absolute atomic E-state index is 0. The minimum Gasteiger partial charge on any atom is -0.497 e. The van der Waals surface area contributed by atoms with Gasteiger partial charge in [-0.15, -0.1) is 24.0 Å². The second-order valence-corrected chi connectivity index (χ2v) is 7.05. The molecule has 1 aliphatic heterocycles. The average molecular weight is 495 g/mol. The maximum atomic E-state index is 6.12. The number of guanidine groups is 1. The molecule has 1 fully saturated rings. The number of fused-ring (bicyclic) bond motifs is 1. The normalized spacial score (nSPS) is 17.1. The first-order valence-electron chi connectivity index (χ1n) is 9.30. The zero-order chi connectivity index (χ0) is 18.7. The molecule has 4 rings (SSSR count). The third-order valence-corrected chi connectivity index (χ3v) is 5.11. The van der Waals surface area contributed by atoms with Crippen LogP contribution in [0.25, 0.3) is 0 Å². The van der Waals surface area contributed by atoms with Gasteiger partial charge < -0.3 is 25.3 Å². The van der Waals surface area contributed by atoms with E-state index in [2.05, 4.69) is 22.4 Å². The molecule has 0 bridgehead atoms. The van der Waals surface area contributed by atoms with Crippen LogP contribution in [0.2, 0.25) is 0 Å². The molecule has 2 aromatic carbocycles. The lowest BCUT2D eigenvalue weighted by atomic mass is 9.96. The molecule has 1 heterocycles. The van der Waals surface area contributed by atoms with Gasteiger partial charge in [0, 0.05) is 23.6 Å². The van der Waals surface area contributed by atoms with Crippen LogP contribution < -0.4 is 25.3 Å². The van der Waals surface area contributed by atoms with Gasteiger partial charge in [-0.1, -0.05) is 12.1 Å². The summed E-state index contributed by atoms with van der Waals surface area (Å²) in [6.07, 6.45) is 3.11. The Morgan fingerprint density at radius 3 is 2.68 bits per heavy atom. The highest BCUT2D eigenvalue weighted by Gasteiger charge is 2.44. The fraction of sp³-hybridized carbons (Fsp3) is 0.381. The number of methoxy groups -OCH3 is 1. The van der Waals surface area contributed by atoms with Crippen molar-refractivity contribution in [3.8, 4) is 17.2 Å². The smallest absolute Gasteiger partial charge is 0.193 e. The predicted octanol–water partition coefficient (Wildman–Crippen LogP) is 3.93. The molecule has 3 N–H and O–H groups in total. The van der Waals surface area contributed by atoms with E-state index in [-0.39, 0.29) is 29.4 Å². The van der Waals surface area contributed by atoms with Crippen LogP contribution >= 0.6 is 24.0 Å². The Morgan fingerprint density at radius 2 is 1.93 bits per heavy atom. The van der Waals surface area contributed by atoms with Crippen LogP contribution in [0.15, 0.2) is 47.5 Å². The molecule has 0 unspecified atom stereocenters. The van der Waals surface area contributed by atoms with Crippen LogP contribution in [0.3, 0.4) is 0 Å². The molecule has 2 aromatic rings. The minimum atomic E-state index is 0. The third-order valence-electron chi connectivity index (χ3n) is 5.11. The Balaban J connectivity index is 0.00000225. The average Bonchev–Trinajstić information content (AvgIpc) is 3.51. The molecule has 0 saturated heterocycles. The van der Waals surface area contributed by atoms with Crippen molar-refractivity contribution in [1.29, 1.82) is 0 Å². The Bertz CT molecular complexity index is 853. The Labute approximate surface area is 182 Å². The van der Waals surface area contributed by atoms with E-state index in [1.807, 2.05) is 30.3 Å². The number of nitrogens with one attached hydrogen (secondary N) is 1. The molecule has 0 spiro atoms. The van der Waals surface area contributed by atoms with E-state index in [9.17, 15) is 0 Å². The first-order valence-corrected chi connectivity index (χ1v) is 9.30. The van der Waals surface area contributed by atoms with Crippen LogP contribution in [0.4, 0.5) is 5.69 Å².